The maximum Gasteiger partial charge on any atom is 0.508 e. The molecule has 6 heteroatoms. The summed E-state index contributed by atoms with van der Waals surface area (Å²) in [6.07, 6.45) is -0.690. The molecule has 0 aromatic carbocycles. The van der Waals surface area contributed by atoms with Crippen LogP contribution in [-0.4, -0.2) is 45.7 Å². The van der Waals surface area contributed by atoms with Crippen LogP contribution in [0.2, 0.25) is 0 Å². The molecule has 0 spiro atoms. The third kappa shape index (κ3) is 4.40. The molecule has 0 unspecified atom stereocenters. The van der Waals surface area contributed by atoms with E-state index in [1.54, 1.807) is 6.92 Å². The zero-order valence-corrected chi connectivity index (χ0v) is 8.06. The summed E-state index contributed by atoms with van der Waals surface area (Å²) < 4.78 is 24.2. The zero-order valence-electron chi connectivity index (χ0n) is 8.06. The van der Waals surface area contributed by atoms with E-state index >= 15 is 0 Å². The summed E-state index contributed by atoms with van der Waals surface area (Å²) in [4.78, 5) is 10.7. The van der Waals surface area contributed by atoms with Crippen LogP contribution in [-0.2, 0) is 23.7 Å². The predicted molar refractivity (Wildman–Crippen MR) is 44.6 cm³/mol. The molecular formula is C8H14O6. The van der Waals surface area contributed by atoms with Crippen molar-refractivity contribution in [2.24, 2.45) is 0 Å². The minimum absolute atomic E-state index is 0.127. The average molecular weight is 206 g/mol. The van der Waals surface area contributed by atoms with Crippen LogP contribution in [0.3, 0.4) is 0 Å². The van der Waals surface area contributed by atoms with Gasteiger partial charge in [-0.3, -0.25) is 0 Å². The predicted octanol–water partition coefficient (Wildman–Crippen LogP) is 0.506. The fourth-order valence-corrected chi connectivity index (χ4v) is 0.862. The van der Waals surface area contributed by atoms with Gasteiger partial charge in [-0.05, 0) is 6.92 Å². The van der Waals surface area contributed by atoms with Crippen LogP contribution in [0.15, 0.2) is 0 Å². The van der Waals surface area contributed by atoms with Crippen molar-refractivity contribution in [1.29, 1.82) is 0 Å². The van der Waals surface area contributed by atoms with E-state index in [0.29, 0.717) is 19.8 Å². The number of ether oxygens (including phenoxy) is 5. The third-order valence-electron chi connectivity index (χ3n) is 1.41. The molecule has 1 aliphatic rings. The number of carbonyl (C=O) groups excluding carboxylic acids is 1. The Morgan fingerprint density at radius 1 is 1.29 bits per heavy atom. The first-order chi connectivity index (χ1) is 6.83. The number of rotatable bonds is 5. The monoisotopic (exact) mass is 206 g/mol. The zero-order chi connectivity index (χ0) is 10.2. The molecule has 0 radical (unpaired) electrons. The Kier molecular flexibility index (Phi) is 5.28. The lowest BCUT2D eigenvalue weighted by Gasteiger charge is -2.09. The van der Waals surface area contributed by atoms with Gasteiger partial charge in [0.15, 0.2) is 0 Å². The summed E-state index contributed by atoms with van der Waals surface area (Å²) in [5.74, 6) is 0. The van der Waals surface area contributed by atoms with Crippen molar-refractivity contribution in [3.05, 3.63) is 0 Å². The summed E-state index contributed by atoms with van der Waals surface area (Å²) in [5, 5.41) is 0. The maximum atomic E-state index is 10.7. The first kappa shape index (κ1) is 11.2. The molecule has 1 heterocycles. The van der Waals surface area contributed by atoms with Gasteiger partial charge in [0.25, 0.3) is 6.48 Å². The van der Waals surface area contributed by atoms with Gasteiger partial charge in [0.2, 0.25) is 0 Å². The summed E-state index contributed by atoms with van der Waals surface area (Å²) in [5.41, 5.74) is 0. The average Bonchev–Trinajstić information content (AvgIpc) is 2.65. The van der Waals surface area contributed by atoms with E-state index in [-0.39, 0.29) is 13.2 Å². The quantitative estimate of drug-likeness (QED) is 0.482. The van der Waals surface area contributed by atoms with Gasteiger partial charge in [-0.25, -0.2) is 4.79 Å². The summed E-state index contributed by atoms with van der Waals surface area (Å²) in [6.45, 7) is 2.80. The van der Waals surface area contributed by atoms with Crippen molar-refractivity contribution in [2.45, 2.75) is 13.4 Å². The highest BCUT2D eigenvalue weighted by Crippen LogP contribution is 2.04. The maximum absolute atomic E-state index is 10.7. The van der Waals surface area contributed by atoms with Crippen molar-refractivity contribution in [1.82, 2.24) is 0 Å². The Morgan fingerprint density at radius 2 is 2.00 bits per heavy atom. The Hall–Kier alpha value is -0.850. The van der Waals surface area contributed by atoms with Crippen molar-refractivity contribution in [2.75, 3.05) is 33.0 Å². The van der Waals surface area contributed by atoms with Gasteiger partial charge in [-0.1, -0.05) is 0 Å². The van der Waals surface area contributed by atoms with Crippen LogP contribution in [0.25, 0.3) is 0 Å². The van der Waals surface area contributed by atoms with Gasteiger partial charge in [0.05, 0.1) is 26.4 Å². The SMILES string of the molecule is CCOC(=O)OCCOC1OCCO1. The van der Waals surface area contributed by atoms with Gasteiger partial charge in [0.1, 0.15) is 6.61 Å². The van der Waals surface area contributed by atoms with Crippen molar-refractivity contribution in [3.63, 3.8) is 0 Å². The molecular weight excluding hydrogens is 192 g/mol. The second-order valence-electron chi connectivity index (χ2n) is 2.43. The van der Waals surface area contributed by atoms with Crippen LogP contribution in [0, 0.1) is 0 Å². The normalized spacial score (nSPS) is 16.9. The van der Waals surface area contributed by atoms with E-state index in [4.69, 9.17) is 14.2 Å². The van der Waals surface area contributed by atoms with Crippen LogP contribution in [0.1, 0.15) is 6.92 Å². The molecule has 14 heavy (non-hydrogen) atoms. The smallest absolute Gasteiger partial charge is 0.435 e. The topological polar surface area (TPSA) is 63.2 Å². The van der Waals surface area contributed by atoms with Crippen LogP contribution in [0.5, 0.6) is 0 Å². The molecule has 1 saturated heterocycles. The highest BCUT2D eigenvalue weighted by molar-refractivity contribution is 5.59. The highest BCUT2D eigenvalue weighted by Gasteiger charge is 2.15. The number of hydrogen-bond donors (Lipinski definition) is 0. The van der Waals surface area contributed by atoms with Gasteiger partial charge in [-0.15, -0.1) is 0 Å². The number of carbonyl (C=O) groups is 1. The Bertz CT molecular complexity index is 165. The second kappa shape index (κ2) is 6.58. The molecule has 6 nitrogen and oxygen atoms in total. The van der Waals surface area contributed by atoms with E-state index in [1.165, 1.54) is 0 Å². The molecule has 0 N–H and O–H groups in total. The highest BCUT2D eigenvalue weighted by atomic mass is 16.9. The standard InChI is InChI=1S/C8H14O6/c1-2-10-7(9)11-3-4-12-8-13-5-6-14-8/h8H,2-6H2,1H3. The van der Waals surface area contributed by atoms with Crippen molar-refractivity contribution < 1.29 is 28.5 Å². The molecule has 0 bridgehead atoms. The lowest BCUT2D eigenvalue weighted by molar-refractivity contribution is -0.232. The van der Waals surface area contributed by atoms with E-state index < -0.39 is 12.6 Å². The molecule has 0 amide bonds. The van der Waals surface area contributed by atoms with Crippen LogP contribution in [0.4, 0.5) is 4.79 Å². The molecule has 0 aromatic rings. The van der Waals surface area contributed by atoms with E-state index in [1.807, 2.05) is 0 Å². The van der Waals surface area contributed by atoms with E-state index in [2.05, 4.69) is 9.47 Å². The minimum atomic E-state index is -0.690. The Labute approximate surface area is 82.0 Å². The summed E-state index contributed by atoms with van der Waals surface area (Å²) in [7, 11) is 0. The second-order valence-corrected chi connectivity index (χ2v) is 2.43. The molecule has 0 saturated carbocycles. The van der Waals surface area contributed by atoms with Crippen LogP contribution >= 0.6 is 0 Å². The molecule has 1 aliphatic heterocycles. The minimum Gasteiger partial charge on any atom is -0.435 e. The van der Waals surface area contributed by atoms with Crippen LogP contribution < -0.4 is 0 Å². The first-order valence-electron chi connectivity index (χ1n) is 4.47. The van der Waals surface area contributed by atoms with Gasteiger partial charge >= 0.3 is 6.16 Å². The first-order valence-corrected chi connectivity index (χ1v) is 4.47. The Morgan fingerprint density at radius 3 is 2.64 bits per heavy atom. The summed E-state index contributed by atoms with van der Waals surface area (Å²) in [6, 6.07) is 0. The third-order valence-corrected chi connectivity index (χ3v) is 1.41. The van der Waals surface area contributed by atoms with Gasteiger partial charge in [0, 0.05) is 0 Å². The fraction of sp³-hybridized carbons (Fsp3) is 0.875. The number of hydrogen-bond acceptors (Lipinski definition) is 6. The largest absolute Gasteiger partial charge is 0.508 e. The molecule has 1 fully saturated rings. The molecule has 82 valence electrons. The lowest BCUT2D eigenvalue weighted by Crippen LogP contribution is -2.18. The van der Waals surface area contributed by atoms with E-state index in [9.17, 15) is 4.79 Å². The van der Waals surface area contributed by atoms with Gasteiger partial charge in [-0.2, -0.15) is 0 Å². The van der Waals surface area contributed by atoms with Gasteiger partial charge < -0.3 is 23.7 Å². The summed E-state index contributed by atoms with van der Waals surface area (Å²) >= 11 is 0. The molecule has 1 rings (SSSR count). The Balaban J connectivity index is 1.90. The molecule has 0 atom stereocenters. The van der Waals surface area contributed by atoms with E-state index in [0.717, 1.165) is 0 Å². The fourth-order valence-electron chi connectivity index (χ4n) is 0.862. The molecule has 0 aliphatic carbocycles. The van der Waals surface area contributed by atoms with Crippen molar-refractivity contribution in [3.8, 4) is 0 Å². The molecule has 0 aromatic heterocycles. The lowest BCUT2D eigenvalue weighted by atomic mass is 10.8. The van der Waals surface area contributed by atoms with Crippen molar-refractivity contribution >= 4 is 6.16 Å².